The number of carboxylic acid groups (broad SMARTS) is 1. The number of amides is 1. The summed E-state index contributed by atoms with van der Waals surface area (Å²) in [5, 5.41) is 20.2. The lowest BCUT2D eigenvalue weighted by Crippen LogP contribution is -2.44. The van der Waals surface area contributed by atoms with Crippen LogP contribution in [0.15, 0.2) is 36.4 Å². The number of halogens is 1. The molecular weight excluding hydrogens is 355 g/mol. The van der Waals surface area contributed by atoms with E-state index in [-0.39, 0.29) is 23.7 Å². The fourth-order valence-electron chi connectivity index (χ4n) is 3.35. The Kier molecular flexibility index (Phi) is 4.65. The van der Waals surface area contributed by atoms with Gasteiger partial charge in [0, 0.05) is 23.7 Å². The molecule has 0 fully saturated rings. The molecule has 0 bridgehead atoms. The number of carbonyl (C=O) groups excluding carboxylic acids is 1. The van der Waals surface area contributed by atoms with Crippen LogP contribution in [0.4, 0.5) is 10.1 Å². The molecular formula is C19H17FN2O5. The molecule has 27 heavy (non-hydrogen) atoms. The lowest BCUT2D eigenvalue weighted by Gasteiger charge is -2.27. The Balaban J connectivity index is 1.98. The van der Waals surface area contributed by atoms with Crippen molar-refractivity contribution >= 4 is 17.6 Å². The highest BCUT2D eigenvalue weighted by atomic mass is 19.1. The number of nitrogens with zero attached hydrogens (tertiary/aromatic N) is 2. The van der Waals surface area contributed by atoms with Crippen molar-refractivity contribution in [2.75, 3.05) is 0 Å². The van der Waals surface area contributed by atoms with Crippen LogP contribution in [0.1, 0.15) is 29.8 Å². The minimum atomic E-state index is -1.08. The van der Waals surface area contributed by atoms with E-state index in [1.54, 1.807) is 26.0 Å². The number of non-ortho nitro benzene ring substituents is 1. The van der Waals surface area contributed by atoms with Gasteiger partial charge in [0.2, 0.25) is 0 Å². The van der Waals surface area contributed by atoms with E-state index in [1.807, 2.05) is 0 Å². The third kappa shape index (κ3) is 3.25. The summed E-state index contributed by atoms with van der Waals surface area (Å²) in [6, 6.07) is 7.13. The number of hydrogen-bond donors (Lipinski definition) is 1. The van der Waals surface area contributed by atoms with Gasteiger partial charge in [-0.05, 0) is 29.2 Å². The Labute approximate surface area is 154 Å². The van der Waals surface area contributed by atoms with E-state index in [2.05, 4.69) is 0 Å². The first-order valence-electron chi connectivity index (χ1n) is 8.31. The summed E-state index contributed by atoms with van der Waals surface area (Å²) in [5.74, 6) is -2.53. The van der Waals surface area contributed by atoms with Crippen molar-refractivity contribution in [2.24, 2.45) is 5.92 Å². The predicted molar refractivity (Wildman–Crippen MR) is 94.6 cm³/mol. The highest BCUT2D eigenvalue weighted by Gasteiger charge is 2.38. The SMILES string of the molecule is CC(C)C(C(=O)O)N1Cc2ccc(-c3ccc([N+](=O)[O-])cc3F)cc2C1=O. The number of aliphatic carboxylic acids is 1. The molecule has 1 unspecified atom stereocenters. The Morgan fingerprint density at radius 1 is 1.22 bits per heavy atom. The fourth-order valence-corrected chi connectivity index (χ4v) is 3.35. The van der Waals surface area contributed by atoms with E-state index in [0.29, 0.717) is 16.7 Å². The van der Waals surface area contributed by atoms with Gasteiger partial charge in [0.05, 0.1) is 11.0 Å². The van der Waals surface area contributed by atoms with Crippen molar-refractivity contribution in [3.63, 3.8) is 0 Å². The van der Waals surface area contributed by atoms with Gasteiger partial charge in [-0.1, -0.05) is 26.0 Å². The van der Waals surface area contributed by atoms with Crippen LogP contribution < -0.4 is 0 Å². The van der Waals surface area contributed by atoms with Crippen LogP contribution in [0.5, 0.6) is 0 Å². The molecule has 7 nitrogen and oxygen atoms in total. The Morgan fingerprint density at radius 2 is 1.93 bits per heavy atom. The van der Waals surface area contributed by atoms with Gasteiger partial charge in [0.15, 0.2) is 0 Å². The second-order valence-corrected chi connectivity index (χ2v) is 6.75. The van der Waals surface area contributed by atoms with E-state index in [4.69, 9.17) is 0 Å². The molecule has 0 spiro atoms. The van der Waals surface area contributed by atoms with Crippen LogP contribution >= 0.6 is 0 Å². The molecule has 2 aromatic rings. The molecule has 0 radical (unpaired) electrons. The number of hydrogen-bond acceptors (Lipinski definition) is 4. The summed E-state index contributed by atoms with van der Waals surface area (Å²) in [5.41, 5.74) is 1.15. The van der Waals surface area contributed by atoms with Crippen LogP contribution in [0.25, 0.3) is 11.1 Å². The average Bonchev–Trinajstić information content (AvgIpc) is 2.90. The van der Waals surface area contributed by atoms with Crippen LogP contribution in [0.2, 0.25) is 0 Å². The third-order valence-corrected chi connectivity index (χ3v) is 4.64. The van der Waals surface area contributed by atoms with Crippen LogP contribution in [-0.2, 0) is 11.3 Å². The number of benzene rings is 2. The minimum Gasteiger partial charge on any atom is -0.480 e. The van der Waals surface area contributed by atoms with Gasteiger partial charge in [-0.25, -0.2) is 9.18 Å². The monoisotopic (exact) mass is 372 g/mol. The van der Waals surface area contributed by atoms with Gasteiger partial charge < -0.3 is 10.0 Å². The van der Waals surface area contributed by atoms with Crippen molar-refractivity contribution in [1.82, 2.24) is 4.90 Å². The molecule has 0 aromatic heterocycles. The van der Waals surface area contributed by atoms with Gasteiger partial charge in [-0.2, -0.15) is 0 Å². The van der Waals surface area contributed by atoms with E-state index < -0.39 is 28.7 Å². The van der Waals surface area contributed by atoms with E-state index >= 15 is 0 Å². The summed E-state index contributed by atoms with van der Waals surface area (Å²) in [6.45, 7) is 3.63. The summed E-state index contributed by atoms with van der Waals surface area (Å²) < 4.78 is 14.3. The van der Waals surface area contributed by atoms with Gasteiger partial charge >= 0.3 is 5.97 Å². The molecule has 1 atom stereocenters. The van der Waals surface area contributed by atoms with E-state index in [9.17, 15) is 29.2 Å². The highest BCUT2D eigenvalue weighted by molar-refractivity contribution is 6.01. The molecule has 8 heteroatoms. The molecule has 2 aromatic carbocycles. The topological polar surface area (TPSA) is 101 Å². The number of nitro benzene ring substituents is 1. The van der Waals surface area contributed by atoms with Crippen molar-refractivity contribution < 1.29 is 24.0 Å². The molecule has 0 saturated heterocycles. The summed E-state index contributed by atoms with van der Waals surface area (Å²) in [7, 11) is 0. The quantitative estimate of drug-likeness (QED) is 0.640. The highest BCUT2D eigenvalue weighted by Crippen LogP contribution is 2.33. The standard InChI is InChI=1S/C19H17FN2O5/c1-10(2)17(19(24)25)21-9-12-4-3-11(7-15(12)18(21)23)14-6-5-13(22(26)27)8-16(14)20/h3-8,10,17H,9H2,1-2H3,(H,24,25). The van der Waals surface area contributed by atoms with Crippen molar-refractivity contribution in [2.45, 2.75) is 26.4 Å². The first-order valence-corrected chi connectivity index (χ1v) is 8.31. The number of nitro groups is 1. The molecule has 0 aliphatic carbocycles. The van der Waals surface area contributed by atoms with Crippen molar-refractivity contribution in [3.8, 4) is 11.1 Å². The maximum Gasteiger partial charge on any atom is 0.326 e. The molecule has 3 rings (SSSR count). The molecule has 140 valence electrons. The second kappa shape index (κ2) is 6.79. The first-order chi connectivity index (χ1) is 12.7. The lowest BCUT2D eigenvalue weighted by molar-refractivity contribution is -0.385. The molecule has 1 N–H and O–H groups in total. The molecule has 1 amide bonds. The van der Waals surface area contributed by atoms with Gasteiger partial charge in [-0.15, -0.1) is 0 Å². The zero-order valence-electron chi connectivity index (χ0n) is 14.7. The number of fused-ring (bicyclic) bond motifs is 1. The van der Waals surface area contributed by atoms with Gasteiger partial charge in [0.25, 0.3) is 11.6 Å². The molecule has 1 heterocycles. The fraction of sp³-hybridized carbons (Fsp3) is 0.263. The van der Waals surface area contributed by atoms with Crippen LogP contribution in [0.3, 0.4) is 0 Å². The zero-order chi connectivity index (χ0) is 19.9. The van der Waals surface area contributed by atoms with Gasteiger partial charge in [0.1, 0.15) is 11.9 Å². The number of carbonyl (C=O) groups is 2. The molecule has 1 aliphatic rings. The maximum atomic E-state index is 14.3. The smallest absolute Gasteiger partial charge is 0.326 e. The summed E-state index contributed by atoms with van der Waals surface area (Å²) in [6.07, 6.45) is 0. The first kappa shape index (κ1) is 18.5. The Bertz CT molecular complexity index is 957. The molecule has 0 saturated carbocycles. The van der Waals surface area contributed by atoms with Crippen molar-refractivity contribution in [1.29, 1.82) is 0 Å². The van der Waals surface area contributed by atoms with E-state index in [1.165, 1.54) is 23.1 Å². The largest absolute Gasteiger partial charge is 0.480 e. The molecule has 1 aliphatic heterocycles. The Hall–Kier alpha value is -3.29. The number of carboxylic acids is 1. The predicted octanol–water partition coefficient (Wildman–Crippen LogP) is 3.47. The minimum absolute atomic E-state index is 0.133. The summed E-state index contributed by atoms with van der Waals surface area (Å²) in [4.78, 5) is 35.6. The zero-order valence-corrected chi connectivity index (χ0v) is 14.7. The normalized spacial score (nSPS) is 14.4. The van der Waals surface area contributed by atoms with Gasteiger partial charge in [-0.3, -0.25) is 14.9 Å². The third-order valence-electron chi connectivity index (χ3n) is 4.64. The number of rotatable bonds is 5. The van der Waals surface area contributed by atoms with E-state index in [0.717, 1.165) is 6.07 Å². The maximum absolute atomic E-state index is 14.3. The average molecular weight is 372 g/mol. The van der Waals surface area contributed by atoms with Crippen LogP contribution in [0, 0.1) is 21.8 Å². The second-order valence-electron chi connectivity index (χ2n) is 6.75. The van der Waals surface area contributed by atoms with Crippen molar-refractivity contribution in [3.05, 3.63) is 63.5 Å². The summed E-state index contributed by atoms with van der Waals surface area (Å²) >= 11 is 0. The van der Waals surface area contributed by atoms with Crippen LogP contribution in [-0.4, -0.2) is 32.8 Å². The Morgan fingerprint density at radius 3 is 2.48 bits per heavy atom. The lowest BCUT2D eigenvalue weighted by atomic mass is 9.99.